The Morgan fingerprint density at radius 3 is 2.45 bits per heavy atom. The Bertz CT molecular complexity index is 1170. The average molecular weight is 447 g/mol. The molecule has 1 aromatic heterocycles. The zero-order chi connectivity index (χ0) is 22.7. The van der Waals surface area contributed by atoms with Gasteiger partial charge < -0.3 is 15.5 Å². The van der Waals surface area contributed by atoms with E-state index in [1.165, 1.54) is 10.6 Å². The van der Waals surface area contributed by atoms with E-state index in [1.807, 2.05) is 0 Å². The molecule has 9 heteroatoms. The van der Waals surface area contributed by atoms with Crippen LogP contribution in [0.1, 0.15) is 34.5 Å². The Kier molecular flexibility index (Phi) is 6.60. The lowest BCUT2D eigenvalue weighted by Gasteiger charge is -2.08. The number of carbonyl (C=O) groups excluding carboxylic acids is 2. The highest BCUT2D eigenvalue weighted by Crippen LogP contribution is 2.32. The number of rotatable bonds is 7. The highest BCUT2D eigenvalue weighted by Gasteiger charge is 2.22. The number of carbonyl (C=O) groups is 3. The van der Waals surface area contributed by atoms with Gasteiger partial charge in [-0.25, -0.2) is 4.39 Å². The highest BCUT2D eigenvalue weighted by atomic mass is 35.5. The van der Waals surface area contributed by atoms with Crippen LogP contribution in [-0.4, -0.2) is 39.1 Å². The third-order valence-corrected chi connectivity index (χ3v) is 5.21. The summed E-state index contributed by atoms with van der Waals surface area (Å²) < 4.78 is 15.4. The van der Waals surface area contributed by atoms with Crippen LogP contribution in [0.2, 0.25) is 5.02 Å². The van der Waals surface area contributed by atoms with Crippen LogP contribution in [-0.2, 0) is 16.0 Å². The van der Waals surface area contributed by atoms with Crippen molar-refractivity contribution >= 4 is 40.3 Å². The van der Waals surface area contributed by atoms with E-state index in [0.717, 1.165) is 6.07 Å². The quantitative estimate of drug-likeness (QED) is 0.513. The number of aliphatic carboxylic acids is 1. The van der Waals surface area contributed by atoms with Gasteiger partial charge >= 0.3 is 5.97 Å². The lowest BCUT2D eigenvalue weighted by molar-refractivity contribution is -0.136. The number of phenols is 1. The van der Waals surface area contributed by atoms with E-state index in [2.05, 4.69) is 5.32 Å². The van der Waals surface area contributed by atoms with Crippen LogP contribution in [0.15, 0.2) is 36.4 Å². The van der Waals surface area contributed by atoms with Crippen molar-refractivity contribution in [3.05, 3.63) is 64.1 Å². The molecular formula is C22H20ClFN2O5. The van der Waals surface area contributed by atoms with Gasteiger partial charge in [-0.05, 0) is 49.2 Å². The number of phenolic OH excluding ortho intramolecular Hbond substituents is 1. The standard InChI is InChI=1S/C22H20ClFN2O5/c1-12-15(6-7-20(28)25-9-8-21(29)30)16-10-19(27)17(24)11-18(16)26(12)22(31)13-2-4-14(23)5-3-13/h2-5,10-11,27H,6-9H2,1H3,(H,25,28)(H,29,30). The molecule has 0 saturated carbocycles. The van der Waals surface area contributed by atoms with Gasteiger partial charge in [-0.15, -0.1) is 0 Å². The molecule has 162 valence electrons. The topological polar surface area (TPSA) is 109 Å². The Morgan fingerprint density at radius 2 is 1.81 bits per heavy atom. The van der Waals surface area contributed by atoms with Crippen molar-refractivity contribution in [1.29, 1.82) is 0 Å². The molecule has 0 fully saturated rings. The number of halogens is 2. The fourth-order valence-electron chi connectivity index (χ4n) is 3.42. The molecule has 2 aromatic carbocycles. The van der Waals surface area contributed by atoms with E-state index in [-0.39, 0.29) is 37.2 Å². The molecule has 0 spiro atoms. The van der Waals surface area contributed by atoms with Crippen LogP contribution in [0.5, 0.6) is 5.75 Å². The van der Waals surface area contributed by atoms with Gasteiger partial charge in [-0.2, -0.15) is 0 Å². The normalized spacial score (nSPS) is 10.9. The molecule has 0 radical (unpaired) electrons. The largest absolute Gasteiger partial charge is 0.505 e. The van der Waals surface area contributed by atoms with Crippen molar-refractivity contribution in [3.63, 3.8) is 0 Å². The summed E-state index contributed by atoms with van der Waals surface area (Å²) in [5.41, 5.74) is 1.74. The molecule has 0 aliphatic rings. The molecular weight excluding hydrogens is 427 g/mol. The first-order valence-electron chi connectivity index (χ1n) is 9.50. The molecule has 0 aliphatic carbocycles. The van der Waals surface area contributed by atoms with Crippen LogP contribution >= 0.6 is 11.6 Å². The van der Waals surface area contributed by atoms with Crippen molar-refractivity contribution in [1.82, 2.24) is 9.88 Å². The number of hydrogen-bond acceptors (Lipinski definition) is 4. The van der Waals surface area contributed by atoms with Gasteiger partial charge in [0, 0.05) is 40.7 Å². The van der Waals surface area contributed by atoms with Crippen molar-refractivity contribution in [2.45, 2.75) is 26.2 Å². The maximum Gasteiger partial charge on any atom is 0.305 e. The second-order valence-corrected chi connectivity index (χ2v) is 7.46. The maximum atomic E-state index is 14.1. The smallest absolute Gasteiger partial charge is 0.305 e. The minimum absolute atomic E-state index is 0.00988. The van der Waals surface area contributed by atoms with E-state index in [9.17, 15) is 23.9 Å². The SMILES string of the molecule is Cc1c(CCC(=O)NCCC(=O)O)c2cc(O)c(F)cc2n1C(=O)c1ccc(Cl)cc1. The van der Waals surface area contributed by atoms with Gasteiger partial charge in [-0.3, -0.25) is 19.0 Å². The van der Waals surface area contributed by atoms with Crippen LogP contribution in [0.4, 0.5) is 4.39 Å². The molecule has 0 unspecified atom stereocenters. The molecule has 0 atom stereocenters. The zero-order valence-corrected chi connectivity index (χ0v) is 17.4. The average Bonchev–Trinajstić information content (AvgIpc) is 2.97. The van der Waals surface area contributed by atoms with Gasteiger partial charge in [0.1, 0.15) is 0 Å². The number of aromatic hydroxyl groups is 1. The number of carboxylic acids is 1. The molecule has 7 nitrogen and oxygen atoms in total. The summed E-state index contributed by atoms with van der Waals surface area (Å²) >= 11 is 5.89. The van der Waals surface area contributed by atoms with Crippen molar-refractivity contribution in [2.75, 3.05) is 6.54 Å². The summed E-state index contributed by atoms with van der Waals surface area (Å²) in [4.78, 5) is 35.8. The van der Waals surface area contributed by atoms with E-state index < -0.39 is 23.4 Å². The first kappa shape index (κ1) is 22.3. The van der Waals surface area contributed by atoms with E-state index in [1.54, 1.807) is 31.2 Å². The zero-order valence-electron chi connectivity index (χ0n) is 16.6. The Morgan fingerprint density at radius 1 is 1.13 bits per heavy atom. The number of nitrogens with one attached hydrogen (secondary N) is 1. The maximum absolute atomic E-state index is 14.1. The summed E-state index contributed by atoms with van der Waals surface area (Å²) in [7, 11) is 0. The summed E-state index contributed by atoms with van der Waals surface area (Å²) in [6.45, 7) is 1.69. The van der Waals surface area contributed by atoms with Crippen LogP contribution in [0.3, 0.4) is 0 Å². The number of aryl methyl sites for hydroxylation is 1. The fraction of sp³-hybridized carbons (Fsp3) is 0.227. The number of fused-ring (bicyclic) bond motifs is 1. The van der Waals surface area contributed by atoms with E-state index >= 15 is 0 Å². The molecule has 0 saturated heterocycles. The Labute approximate surface area is 182 Å². The lowest BCUT2D eigenvalue weighted by atomic mass is 10.1. The number of benzene rings is 2. The van der Waals surface area contributed by atoms with Gasteiger partial charge in [0.15, 0.2) is 11.6 Å². The monoisotopic (exact) mass is 446 g/mol. The molecule has 1 amide bonds. The Hall–Kier alpha value is -3.39. The number of amides is 1. The third-order valence-electron chi connectivity index (χ3n) is 4.96. The van der Waals surface area contributed by atoms with Crippen LogP contribution in [0.25, 0.3) is 10.9 Å². The number of carboxylic acid groups (broad SMARTS) is 1. The summed E-state index contributed by atoms with van der Waals surface area (Å²) in [6.07, 6.45) is 0.0624. The predicted molar refractivity (Wildman–Crippen MR) is 113 cm³/mol. The number of aromatic nitrogens is 1. The summed E-state index contributed by atoms with van der Waals surface area (Å²) in [5, 5.41) is 22.0. The first-order valence-corrected chi connectivity index (χ1v) is 9.88. The fourth-order valence-corrected chi connectivity index (χ4v) is 3.55. The minimum atomic E-state index is -1.02. The van der Waals surface area contributed by atoms with Gasteiger partial charge in [0.2, 0.25) is 5.91 Å². The van der Waals surface area contributed by atoms with E-state index in [4.69, 9.17) is 16.7 Å². The third kappa shape index (κ3) is 4.86. The lowest BCUT2D eigenvalue weighted by Crippen LogP contribution is -2.26. The second-order valence-electron chi connectivity index (χ2n) is 7.03. The molecule has 31 heavy (non-hydrogen) atoms. The number of hydrogen-bond donors (Lipinski definition) is 3. The van der Waals surface area contributed by atoms with Gasteiger partial charge in [0.05, 0.1) is 11.9 Å². The van der Waals surface area contributed by atoms with Gasteiger partial charge in [0.25, 0.3) is 5.91 Å². The van der Waals surface area contributed by atoms with Crippen molar-refractivity contribution in [3.8, 4) is 5.75 Å². The Balaban J connectivity index is 1.96. The number of nitrogens with zero attached hydrogens (tertiary/aromatic N) is 1. The summed E-state index contributed by atoms with van der Waals surface area (Å²) in [6, 6.07) is 8.59. The second kappa shape index (κ2) is 9.18. The summed E-state index contributed by atoms with van der Waals surface area (Å²) in [5.74, 6) is -3.19. The van der Waals surface area contributed by atoms with Crippen LogP contribution < -0.4 is 5.32 Å². The first-order chi connectivity index (χ1) is 14.7. The molecule has 3 aromatic rings. The van der Waals surface area contributed by atoms with Crippen LogP contribution in [0, 0.1) is 12.7 Å². The molecule has 1 heterocycles. The predicted octanol–water partition coefficient (Wildman–Crippen LogP) is 3.66. The van der Waals surface area contributed by atoms with Crippen molar-refractivity contribution < 1.29 is 29.0 Å². The molecule has 0 aliphatic heterocycles. The highest BCUT2D eigenvalue weighted by molar-refractivity contribution is 6.30. The van der Waals surface area contributed by atoms with Gasteiger partial charge in [-0.1, -0.05) is 11.6 Å². The minimum Gasteiger partial charge on any atom is -0.505 e. The van der Waals surface area contributed by atoms with E-state index in [0.29, 0.717) is 27.2 Å². The molecule has 3 rings (SSSR count). The molecule has 3 N–H and O–H groups in total. The van der Waals surface area contributed by atoms with Crippen molar-refractivity contribution in [2.24, 2.45) is 0 Å². The molecule has 0 bridgehead atoms.